The van der Waals surface area contributed by atoms with Crippen molar-refractivity contribution >= 4 is 0 Å². The number of rotatable bonds is 4. The fourth-order valence-corrected chi connectivity index (χ4v) is 2.31. The lowest BCUT2D eigenvalue weighted by Gasteiger charge is -2.25. The van der Waals surface area contributed by atoms with Crippen LogP contribution in [-0.4, -0.2) is 13.1 Å². The zero-order valence-corrected chi connectivity index (χ0v) is 8.60. The van der Waals surface area contributed by atoms with E-state index in [4.69, 9.17) is 0 Å². The molecule has 0 saturated heterocycles. The highest BCUT2D eigenvalue weighted by Gasteiger charge is 2.16. The molecule has 0 spiro atoms. The van der Waals surface area contributed by atoms with E-state index in [1.165, 1.54) is 44.9 Å². The molecule has 1 fully saturated rings. The lowest BCUT2D eigenvalue weighted by molar-refractivity contribution is 0.300. The Hall–Kier alpha value is -0.0400. The van der Waals surface area contributed by atoms with E-state index in [-0.39, 0.29) is 0 Å². The monoisotopic (exact) mass is 169 g/mol. The van der Waals surface area contributed by atoms with Gasteiger partial charge in [-0.3, -0.25) is 0 Å². The van der Waals surface area contributed by atoms with Gasteiger partial charge >= 0.3 is 0 Å². The Morgan fingerprint density at radius 2 is 1.92 bits per heavy atom. The van der Waals surface area contributed by atoms with Crippen LogP contribution in [0.2, 0.25) is 0 Å². The van der Waals surface area contributed by atoms with Crippen molar-refractivity contribution < 1.29 is 0 Å². The van der Waals surface area contributed by atoms with Crippen molar-refractivity contribution in [2.75, 3.05) is 7.05 Å². The first-order chi connectivity index (χ1) is 5.86. The SMILES string of the molecule is CCC(CC1CCCCC1)NC. The van der Waals surface area contributed by atoms with Crippen LogP contribution in [0.15, 0.2) is 0 Å². The fraction of sp³-hybridized carbons (Fsp3) is 1.00. The molecule has 0 aliphatic heterocycles. The van der Waals surface area contributed by atoms with Crippen molar-refractivity contribution in [1.82, 2.24) is 5.32 Å². The van der Waals surface area contributed by atoms with Gasteiger partial charge in [0.05, 0.1) is 0 Å². The molecule has 0 aromatic rings. The van der Waals surface area contributed by atoms with Crippen LogP contribution in [0, 0.1) is 5.92 Å². The Morgan fingerprint density at radius 3 is 2.42 bits per heavy atom. The van der Waals surface area contributed by atoms with Gasteiger partial charge in [-0.05, 0) is 25.8 Å². The average molecular weight is 169 g/mol. The second-order valence-corrected chi connectivity index (χ2v) is 4.13. The molecule has 0 aromatic heterocycles. The van der Waals surface area contributed by atoms with Gasteiger partial charge in [-0.15, -0.1) is 0 Å². The van der Waals surface area contributed by atoms with E-state index in [1.807, 2.05) is 0 Å². The van der Waals surface area contributed by atoms with Crippen LogP contribution < -0.4 is 5.32 Å². The molecule has 1 N–H and O–H groups in total. The van der Waals surface area contributed by atoms with E-state index in [0.717, 1.165) is 12.0 Å². The number of hydrogen-bond acceptors (Lipinski definition) is 1. The minimum Gasteiger partial charge on any atom is -0.317 e. The summed E-state index contributed by atoms with van der Waals surface area (Å²) in [6, 6.07) is 0.771. The predicted octanol–water partition coefficient (Wildman–Crippen LogP) is 2.95. The van der Waals surface area contributed by atoms with E-state index < -0.39 is 0 Å². The Labute approximate surface area is 76.9 Å². The molecule has 1 aliphatic rings. The van der Waals surface area contributed by atoms with Crippen molar-refractivity contribution in [2.45, 2.75) is 57.9 Å². The summed E-state index contributed by atoms with van der Waals surface area (Å²) in [6.07, 6.45) is 10.1. The lowest BCUT2D eigenvalue weighted by Crippen LogP contribution is -2.27. The zero-order chi connectivity index (χ0) is 8.81. The third-order valence-corrected chi connectivity index (χ3v) is 3.24. The first-order valence-electron chi connectivity index (χ1n) is 5.54. The second-order valence-electron chi connectivity index (χ2n) is 4.13. The molecule has 1 heteroatoms. The first kappa shape index (κ1) is 10.0. The van der Waals surface area contributed by atoms with Crippen LogP contribution in [0.5, 0.6) is 0 Å². The zero-order valence-electron chi connectivity index (χ0n) is 8.60. The summed E-state index contributed by atoms with van der Waals surface area (Å²) < 4.78 is 0. The molecule has 1 rings (SSSR count). The summed E-state index contributed by atoms with van der Waals surface area (Å²) >= 11 is 0. The molecule has 0 aromatic carbocycles. The molecule has 1 aliphatic carbocycles. The van der Waals surface area contributed by atoms with Crippen molar-refractivity contribution in [1.29, 1.82) is 0 Å². The molecule has 1 saturated carbocycles. The standard InChI is InChI=1S/C11H23N/c1-3-11(12-2)9-10-7-5-4-6-8-10/h10-12H,3-9H2,1-2H3. The molecule has 1 unspecified atom stereocenters. The van der Waals surface area contributed by atoms with Crippen LogP contribution >= 0.6 is 0 Å². The average Bonchev–Trinajstić information content (AvgIpc) is 2.16. The molecule has 0 bridgehead atoms. The van der Waals surface area contributed by atoms with Crippen molar-refractivity contribution in [2.24, 2.45) is 5.92 Å². The van der Waals surface area contributed by atoms with Crippen LogP contribution in [0.4, 0.5) is 0 Å². The predicted molar refractivity (Wildman–Crippen MR) is 54.3 cm³/mol. The van der Waals surface area contributed by atoms with E-state index in [2.05, 4.69) is 19.3 Å². The highest BCUT2D eigenvalue weighted by molar-refractivity contribution is 4.72. The topological polar surface area (TPSA) is 12.0 Å². The third kappa shape index (κ3) is 3.14. The summed E-state index contributed by atoms with van der Waals surface area (Å²) in [5, 5.41) is 3.40. The Morgan fingerprint density at radius 1 is 1.25 bits per heavy atom. The number of nitrogens with one attached hydrogen (secondary N) is 1. The number of hydrogen-bond donors (Lipinski definition) is 1. The van der Waals surface area contributed by atoms with Gasteiger partial charge in [-0.1, -0.05) is 39.0 Å². The molecule has 72 valence electrons. The fourth-order valence-electron chi connectivity index (χ4n) is 2.31. The maximum Gasteiger partial charge on any atom is 0.00640 e. The maximum atomic E-state index is 3.40. The summed E-state index contributed by atoms with van der Waals surface area (Å²) in [6.45, 7) is 2.28. The van der Waals surface area contributed by atoms with Gasteiger partial charge < -0.3 is 5.32 Å². The summed E-state index contributed by atoms with van der Waals surface area (Å²) in [5.41, 5.74) is 0. The molecular formula is C11H23N. The smallest absolute Gasteiger partial charge is 0.00640 e. The van der Waals surface area contributed by atoms with E-state index >= 15 is 0 Å². The van der Waals surface area contributed by atoms with E-state index in [1.54, 1.807) is 0 Å². The highest BCUT2D eigenvalue weighted by Crippen LogP contribution is 2.27. The quantitative estimate of drug-likeness (QED) is 0.682. The van der Waals surface area contributed by atoms with Gasteiger partial charge in [0.15, 0.2) is 0 Å². The van der Waals surface area contributed by atoms with Crippen molar-refractivity contribution in [3.8, 4) is 0 Å². The molecular weight excluding hydrogens is 146 g/mol. The third-order valence-electron chi connectivity index (χ3n) is 3.24. The van der Waals surface area contributed by atoms with Gasteiger partial charge in [0.25, 0.3) is 0 Å². The maximum absolute atomic E-state index is 3.40. The summed E-state index contributed by atoms with van der Waals surface area (Å²) in [5.74, 6) is 1.02. The minimum absolute atomic E-state index is 0.771. The van der Waals surface area contributed by atoms with Crippen LogP contribution in [0.25, 0.3) is 0 Å². The molecule has 12 heavy (non-hydrogen) atoms. The molecule has 1 atom stereocenters. The van der Waals surface area contributed by atoms with E-state index in [9.17, 15) is 0 Å². The van der Waals surface area contributed by atoms with Crippen LogP contribution in [0.1, 0.15) is 51.9 Å². The second kappa shape index (κ2) is 5.58. The largest absolute Gasteiger partial charge is 0.317 e. The van der Waals surface area contributed by atoms with Gasteiger partial charge in [0.1, 0.15) is 0 Å². The highest BCUT2D eigenvalue weighted by atomic mass is 14.9. The van der Waals surface area contributed by atoms with Crippen LogP contribution in [0.3, 0.4) is 0 Å². The van der Waals surface area contributed by atoms with Gasteiger partial charge in [-0.2, -0.15) is 0 Å². The minimum atomic E-state index is 0.771. The normalized spacial score (nSPS) is 22.5. The van der Waals surface area contributed by atoms with Gasteiger partial charge in [0, 0.05) is 6.04 Å². The lowest BCUT2D eigenvalue weighted by atomic mass is 9.84. The van der Waals surface area contributed by atoms with Gasteiger partial charge in [0.2, 0.25) is 0 Å². The van der Waals surface area contributed by atoms with Gasteiger partial charge in [-0.25, -0.2) is 0 Å². The Kier molecular flexibility index (Phi) is 4.67. The van der Waals surface area contributed by atoms with E-state index in [0.29, 0.717) is 0 Å². The molecule has 1 nitrogen and oxygen atoms in total. The summed E-state index contributed by atoms with van der Waals surface area (Å²) in [4.78, 5) is 0. The molecule has 0 amide bonds. The van der Waals surface area contributed by atoms with Crippen molar-refractivity contribution in [3.05, 3.63) is 0 Å². The van der Waals surface area contributed by atoms with Crippen molar-refractivity contribution in [3.63, 3.8) is 0 Å². The Bertz CT molecular complexity index is 102. The first-order valence-corrected chi connectivity index (χ1v) is 5.54. The molecule has 0 radical (unpaired) electrons. The summed E-state index contributed by atoms with van der Waals surface area (Å²) in [7, 11) is 2.09. The molecule has 0 heterocycles. The van der Waals surface area contributed by atoms with Crippen LogP contribution in [-0.2, 0) is 0 Å². The Balaban J connectivity index is 2.18.